The molecule has 2 N–H and O–H groups in total. The lowest BCUT2D eigenvalue weighted by atomic mass is 10.1. The Balaban J connectivity index is 3.25. The maximum absolute atomic E-state index is 5.79. The van der Waals surface area contributed by atoms with Crippen molar-refractivity contribution >= 4 is 21.6 Å². The molecule has 1 aromatic heterocycles. The van der Waals surface area contributed by atoms with Crippen LogP contribution >= 0.6 is 15.9 Å². The van der Waals surface area contributed by atoms with E-state index >= 15 is 0 Å². The highest BCUT2D eigenvalue weighted by molar-refractivity contribution is 9.10. The minimum absolute atomic E-state index is 0.0175. The number of ether oxygens (including phenoxy) is 1. The van der Waals surface area contributed by atoms with Crippen molar-refractivity contribution in [2.75, 3.05) is 12.8 Å². The number of nitrogen functional groups attached to an aromatic ring is 1. The van der Waals surface area contributed by atoms with Crippen LogP contribution in [0.4, 0.5) is 5.69 Å². The third kappa shape index (κ3) is 2.00. The molecule has 1 heterocycles. The monoisotopic (exact) mass is 244 g/mol. The van der Waals surface area contributed by atoms with E-state index in [0.29, 0.717) is 5.69 Å². The second-order valence-corrected chi connectivity index (χ2v) is 3.70. The Morgan fingerprint density at radius 3 is 2.77 bits per heavy atom. The molecule has 4 heteroatoms. The average Bonchev–Trinajstić information content (AvgIpc) is 2.12. The lowest BCUT2D eigenvalue weighted by Crippen LogP contribution is -2.04. The van der Waals surface area contributed by atoms with Gasteiger partial charge in [-0.25, -0.2) is 0 Å². The first-order chi connectivity index (χ1) is 6.07. The predicted molar refractivity (Wildman–Crippen MR) is 56.5 cm³/mol. The standard InChI is InChI=1S/C9H13BrN2O/c1-5-9(10)8(6(2)13-3)7(11)4-12-5/h4,6H,11H2,1-3H3. The van der Waals surface area contributed by atoms with Gasteiger partial charge in [0, 0.05) is 17.1 Å². The molecule has 1 aromatic rings. The Morgan fingerprint density at radius 1 is 1.62 bits per heavy atom. The van der Waals surface area contributed by atoms with Crippen LogP contribution in [0.2, 0.25) is 0 Å². The molecule has 1 unspecified atom stereocenters. The third-order valence-corrected chi connectivity index (χ3v) is 3.02. The van der Waals surface area contributed by atoms with E-state index in [1.54, 1.807) is 13.3 Å². The Kier molecular flexibility index (Phi) is 3.27. The number of methoxy groups -OCH3 is 1. The fraction of sp³-hybridized carbons (Fsp3) is 0.444. The minimum atomic E-state index is -0.0175. The second kappa shape index (κ2) is 4.07. The van der Waals surface area contributed by atoms with Gasteiger partial charge in [-0.3, -0.25) is 4.98 Å². The Morgan fingerprint density at radius 2 is 2.23 bits per heavy atom. The summed E-state index contributed by atoms with van der Waals surface area (Å²) < 4.78 is 6.15. The van der Waals surface area contributed by atoms with E-state index in [-0.39, 0.29) is 6.10 Å². The number of nitrogens with zero attached hydrogens (tertiary/aromatic N) is 1. The normalized spacial score (nSPS) is 12.9. The van der Waals surface area contributed by atoms with Crippen molar-refractivity contribution in [3.8, 4) is 0 Å². The van der Waals surface area contributed by atoms with Crippen LogP contribution in [0.15, 0.2) is 10.7 Å². The van der Waals surface area contributed by atoms with Crippen molar-refractivity contribution in [3.05, 3.63) is 21.9 Å². The van der Waals surface area contributed by atoms with E-state index in [9.17, 15) is 0 Å². The lowest BCUT2D eigenvalue weighted by Gasteiger charge is -2.15. The molecule has 0 aliphatic heterocycles. The van der Waals surface area contributed by atoms with Crippen molar-refractivity contribution in [3.63, 3.8) is 0 Å². The van der Waals surface area contributed by atoms with E-state index < -0.39 is 0 Å². The average molecular weight is 245 g/mol. The number of halogens is 1. The highest BCUT2D eigenvalue weighted by Gasteiger charge is 2.14. The number of rotatable bonds is 2. The zero-order valence-corrected chi connectivity index (χ0v) is 9.55. The summed E-state index contributed by atoms with van der Waals surface area (Å²) in [4.78, 5) is 4.13. The van der Waals surface area contributed by atoms with Crippen LogP contribution in [0.3, 0.4) is 0 Å². The van der Waals surface area contributed by atoms with Crippen LogP contribution < -0.4 is 5.73 Å². The molecule has 0 amide bonds. The fourth-order valence-corrected chi connectivity index (χ4v) is 1.80. The molecular weight excluding hydrogens is 232 g/mol. The van der Waals surface area contributed by atoms with Crippen molar-refractivity contribution in [2.24, 2.45) is 0 Å². The number of pyridine rings is 1. The number of nitrogens with two attached hydrogens (primary N) is 1. The van der Waals surface area contributed by atoms with Gasteiger partial charge in [0.2, 0.25) is 0 Å². The van der Waals surface area contributed by atoms with Gasteiger partial charge in [0.15, 0.2) is 0 Å². The molecule has 1 rings (SSSR count). The smallest absolute Gasteiger partial charge is 0.0825 e. The largest absolute Gasteiger partial charge is 0.397 e. The molecule has 0 saturated carbocycles. The van der Waals surface area contributed by atoms with Crippen LogP contribution in [-0.2, 0) is 4.74 Å². The minimum Gasteiger partial charge on any atom is -0.397 e. The van der Waals surface area contributed by atoms with Crippen molar-refractivity contribution in [2.45, 2.75) is 20.0 Å². The van der Waals surface area contributed by atoms with Crippen molar-refractivity contribution < 1.29 is 4.74 Å². The molecule has 1 atom stereocenters. The first-order valence-electron chi connectivity index (χ1n) is 4.01. The Labute approximate surface area is 86.4 Å². The van der Waals surface area contributed by atoms with Gasteiger partial charge < -0.3 is 10.5 Å². The fourth-order valence-electron chi connectivity index (χ4n) is 1.15. The summed E-state index contributed by atoms with van der Waals surface area (Å²) in [7, 11) is 1.66. The maximum Gasteiger partial charge on any atom is 0.0825 e. The second-order valence-electron chi connectivity index (χ2n) is 2.90. The van der Waals surface area contributed by atoms with E-state index in [0.717, 1.165) is 15.7 Å². The summed E-state index contributed by atoms with van der Waals surface area (Å²) >= 11 is 3.45. The van der Waals surface area contributed by atoms with Crippen LogP contribution in [0.1, 0.15) is 24.3 Å². The molecule has 0 aliphatic rings. The van der Waals surface area contributed by atoms with Crippen molar-refractivity contribution in [1.82, 2.24) is 4.98 Å². The van der Waals surface area contributed by atoms with E-state index in [4.69, 9.17) is 10.5 Å². The molecule has 0 aliphatic carbocycles. The number of hydrogen-bond donors (Lipinski definition) is 1. The molecule has 0 saturated heterocycles. The van der Waals surface area contributed by atoms with E-state index in [2.05, 4.69) is 20.9 Å². The van der Waals surface area contributed by atoms with Crippen LogP contribution in [0, 0.1) is 6.92 Å². The summed E-state index contributed by atoms with van der Waals surface area (Å²) in [6.45, 7) is 3.88. The molecule has 13 heavy (non-hydrogen) atoms. The van der Waals surface area contributed by atoms with Crippen LogP contribution in [-0.4, -0.2) is 12.1 Å². The van der Waals surface area contributed by atoms with Gasteiger partial charge in [-0.15, -0.1) is 0 Å². The molecule has 0 bridgehead atoms. The van der Waals surface area contributed by atoms with Gasteiger partial charge in [-0.05, 0) is 29.8 Å². The summed E-state index contributed by atoms with van der Waals surface area (Å²) in [5.41, 5.74) is 8.35. The van der Waals surface area contributed by atoms with E-state index in [1.165, 1.54) is 0 Å². The Hall–Kier alpha value is -0.610. The molecule has 0 spiro atoms. The molecule has 0 aromatic carbocycles. The van der Waals surface area contributed by atoms with Crippen LogP contribution in [0.5, 0.6) is 0 Å². The molecule has 72 valence electrons. The van der Waals surface area contributed by atoms with Crippen LogP contribution in [0.25, 0.3) is 0 Å². The lowest BCUT2D eigenvalue weighted by molar-refractivity contribution is 0.119. The Bertz CT molecular complexity index is 315. The maximum atomic E-state index is 5.79. The van der Waals surface area contributed by atoms with Gasteiger partial charge in [0.05, 0.1) is 23.7 Å². The molecular formula is C9H13BrN2O. The topological polar surface area (TPSA) is 48.1 Å². The SMILES string of the molecule is COC(C)c1c(N)cnc(C)c1Br. The van der Waals surface area contributed by atoms with Gasteiger partial charge in [0.25, 0.3) is 0 Å². The highest BCUT2D eigenvalue weighted by atomic mass is 79.9. The predicted octanol–water partition coefficient (Wildman–Crippen LogP) is 2.44. The zero-order valence-electron chi connectivity index (χ0n) is 7.97. The van der Waals surface area contributed by atoms with Gasteiger partial charge in [-0.2, -0.15) is 0 Å². The van der Waals surface area contributed by atoms with Gasteiger partial charge in [-0.1, -0.05) is 0 Å². The number of aryl methyl sites for hydroxylation is 1. The third-order valence-electron chi connectivity index (χ3n) is 2.02. The van der Waals surface area contributed by atoms with Crippen molar-refractivity contribution in [1.29, 1.82) is 0 Å². The van der Waals surface area contributed by atoms with Gasteiger partial charge in [0.1, 0.15) is 0 Å². The summed E-state index contributed by atoms with van der Waals surface area (Å²) in [6, 6.07) is 0. The number of hydrogen-bond acceptors (Lipinski definition) is 3. The molecule has 3 nitrogen and oxygen atoms in total. The quantitative estimate of drug-likeness (QED) is 0.870. The summed E-state index contributed by atoms with van der Waals surface area (Å²) in [5.74, 6) is 0. The van der Waals surface area contributed by atoms with Gasteiger partial charge >= 0.3 is 0 Å². The highest BCUT2D eigenvalue weighted by Crippen LogP contribution is 2.31. The first kappa shape index (κ1) is 10.5. The summed E-state index contributed by atoms with van der Waals surface area (Å²) in [5, 5.41) is 0. The molecule has 0 fully saturated rings. The number of aromatic nitrogens is 1. The van der Waals surface area contributed by atoms with E-state index in [1.807, 2.05) is 13.8 Å². The first-order valence-corrected chi connectivity index (χ1v) is 4.80. The molecule has 0 radical (unpaired) electrons. The summed E-state index contributed by atoms with van der Waals surface area (Å²) in [6.07, 6.45) is 1.64. The zero-order chi connectivity index (χ0) is 10.0. The number of anilines is 1.